The molecule has 17 heavy (non-hydrogen) atoms. The molecule has 0 aliphatic heterocycles. The number of nitrogens with zero attached hydrogens (tertiary/aromatic N) is 1. The molecule has 0 heterocycles. The van der Waals surface area contributed by atoms with E-state index in [9.17, 15) is 9.59 Å². The third-order valence-corrected chi connectivity index (χ3v) is 2.10. The van der Waals surface area contributed by atoms with Crippen molar-refractivity contribution in [3.05, 3.63) is 0 Å². The molecular weight excluding hydrogens is 224 g/mol. The number of carbonyl (C=O) groups is 2. The van der Waals surface area contributed by atoms with E-state index in [1.54, 1.807) is 0 Å². The number of rotatable bonds is 9. The Balaban J connectivity index is 3.41. The molecule has 0 radical (unpaired) electrons. The van der Waals surface area contributed by atoms with Gasteiger partial charge < -0.3 is 20.1 Å². The van der Waals surface area contributed by atoms with Gasteiger partial charge >= 0.3 is 12.0 Å². The second kappa shape index (κ2) is 9.89. The first-order valence-corrected chi connectivity index (χ1v) is 5.86. The van der Waals surface area contributed by atoms with Crippen LogP contribution < -0.4 is 5.32 Å². The van der Waals surface area contributed by atoms with Crippen LogP contribution >= 0.6 is 0 Å². The molecule has 0 atom stereocenters. The van der Waals surface area contributed by atoms with Gasteiger partial charge in [0.05, 0.1) is 0 Å². The second-order valence-corrected chi connectivity index (χ2v) is 3.80. The van der Waals surface area contributed by atoms with Gasteiger partial charge in [-0.15, -0.1) is 0 Å². The highest BCUT2D eigenvalue weighted by Crippen LogP contribution is 1.90. The van der Waals surface area contributed by atoms with E-state index in [1.165, 1.54) is 7.05 Å². The number of aliphatic carboxylic acids is 1. The third-order valence-electron chi connectivity index (χ3n) is 2.10. The standard InChI is InChI=1S/C11H22N2O4/c1-3-4-7-17-8-5-6-12-11(16)13(2)9-10(14)15/h3-9H2,1-2H3,(H,12,16)(H,14,15). The van der Waals surface area contributed by atoms with Crippen LogP contribution in [0.15, 0.2) is 0 Å². The fourth-order valence-electron chi connectivity index (χ4n) is 1.13. The molecule has 0 aromatic carbocycles. The van der Waals surface area contributed by atoms with Gasteiger partial charge in [0, 0.05) is 26.8 Å². The maximum Gasteiger partial charge on any atom is 0.323 e. The number of ether oxygens (including phenoxy) is 1. The van der Waals surface area contributed by atoms with E-state index < -0.39 is 5.97 Å². The van der Waals surface area contributed by atoms with Crippen LogP contribution in [0, 0.1) is 0 Å². The monoisotopic (exact) mass is 246 g/mol. The first kappa shape index (κ1) is 15.7. The summed E-state index contributed by atoms with van der Waals surface area (Å²) in [4.78, 5) is 22.8. The highest BCUT2D eigenvalue weighted by atomic mass is 16.5. The van der Waals surface area contributed by atoms with Gasteiger partial charge in [-0.2, -0.15) is 0 Å². The predicted molar refractivity (Wildman–Crippen MR) is 64.0 cm³/mol. The van der Waals surface area contributed by atoms with Gasteiger partial charge in [0.2, 0.25) is 0 Å². The minimum atomic E-state index is -1.02. The Hall–Kier alpha value is -1.30. The van der Waals surface area contributed by atoms with Crippen LogP contribution in [-0.4, -0.2) is 55.4 Å². The highest BCUT2D eigenvalue weighted by Gasteiger charge is 2.10. The van der Waals surface area contributed by atoms with Crippen molar-refractivity contribution in [2.24, 2.45) is 0 Å². The lowest BCUT2D eigenvalue weighted by atomic mass is 10.4. The molecule has 0 saturated heterocycles. The van der Waals surface area contributed by atoms with Gasteiger partial charge in [0.15, 0.2) is 0 Å². The van der Waals surface area contributed by atoms with Crippen LogP contribution in [-0.2, 0) is 9.53 Å². The maximum absolute atomic E-state index is 11.3. The Kier molecular flexibility index (Phi) is 9.14. The van der Waals surface area contributed by atoms with E-state index in [1.807, 2.05) is 0 Å². The molecule has 0 bridgehead atoms. The van der Waals surface area contributed by atoms with E-state index >= 15 is 0 Å². The van der Waals surface area contributed by atoms with Gasteiger partial charge in [0.1, 0.15) is 6.54 Å². The molecule has 2 amide bonds. The average Bonchev–Trinajstić information content (AvgIpc) is 2.26. The van der Waals surface area contributed by atoms with E-state index in [-0.39, 0.29) is 12.6 Å². The largest absolute Gasteiger partial charge is 0.480 e. The van der Waals surface area contributed by atoms with Crippen LogP contribution in [0.2, 0.25) is 0 Å². The molecule has 0 spiro atoms. The summed E-state index contributed by atoms with van der Waals surface area (Å²) >= 11 is 0. The number of urea groups is 1. The fraction of sp³-hybridized carbons (Fsp3) is 0.818. The second-order valence-electron chi connectivity index (χ2n) is 3.80. The number of nitrogens with one attached hydrogen (secondary N) is 1. The molecule has 0 fully saturated rings. The summed E-state index contributed by atoms with van der Waals surface area (Å²) in [5, 5.41) is 11.1. The summed E-state index contributed by atoms with van der Waals surface area (Å²) < 4.78 is 5.32. The number of hydrogen-bond donors (Lipinski definition) is 2. The first-order valence-electron chi connectivity index (χ1n) is 5.86. The molecule has 0 aromatic heterocycles. The summed E-state index contributed by atoms with van der Waals surface area (Å²) in [5.74, 6) is -1.02. The molecular formula is C11H22N2O4. The number of likely N-dealkylation sites (N-methyl/N-ethyl adjacent to an activating group) is 1. The topological polar surface area (TPSA) is 78.9 Å². The van der Waals surface area contributed by atoms with Gasteiger partial charge in [-0.3, -0.25) is 4.79 Å². The lowest BCUT2D eigenvalue weighted by Crippen LogP contribution is -2.40. The van der Waals surface area contributed by atoms with Crippen molar-refractivity contribution < 1.29 is 19.4 Å². The minimum Gasteiger partial charge on any atom is -0.480 e. The van der Waals surface area contributed by atoms with Crippen LogP contribution in [0.5, 0.6) is 0 Å². The molecule has 0 rings (SSSR count). The summed E-state index contributed by atoms with van der Waals surface area (Å²) in [5.41, 5.74) is 0. The summed E-state index contributed by atoms with van der Waals surface area (Å²) in [6, 6.07) is -0.374. The molecule has 100 valence electrons. The highest BCUT2D eigenvalue weighted by molar-refractivity contribution is 5.79. The van der Waals surface area contributed by atoms with E-state index in [4.69, 9.17) is 9.84 Å². The Bertz CT molecular complexity index is 234. The number of carboxylic acids is 1. The van der Waals surface area contributed by atoms with Crippen LogP contribution in [0.3, 0.4) is 0 Å². The zero-order valence-electron chi connectivity index (χ0n) is 10.6. The maximum atomic E-state index is 11.3. The molecule has 0 unspecified atom stereocenters. The number of carboxylic acid groups (broad SMARTS) is 1. The molecule has 0 aliphatic carbocycles. The van der Waals surface area contributed by atoms with Crippen molar-refractivity contribution in [2.45, 2.75) is 26.2 Å². The van der Waals surface area contributed by atoms with Crippen molar-refractivity contribution in [1.29, 1.82) is 0 Å². The normalized spacial score (nSPS) is 10.0. The molecule has 6 heteroatoms. The average molecular weight is 246 g/mol. The first-order chi connectivity index (χ1) is 8.07. The van der Waals surface area contributed by atoms with E-state index in [2.05, 4.69) is 12.2 Å². The Morgan fingerprint density at radius 3 is 2.53 bits per heavy atom. The van der Waals surface area contributed by atoms with Crippen LogP contribution in [0.1, 0.15) is 26.2 Å². The summed E-state index contributed by atoms with van der Waals surface area (Å²) in [7, 11) is 1.45. The minimum absolute atomic E-state index is 0.293. The van der Waals surface area contributed by atoms with E-state index in [0.29, 0.717) is 13.2 Å². The van der Waals surface area contributed by atoms with Crippen molar-refractivity contribution in [3.8, 4) is 0 Å². The van der Waals surface area contributed by atoms with Crippen LogP contribution in [0.4, 0.5) is 4.79 Å². The number of amides is 2. The van der Waals surface area contributed by atoms with Crippen LogP contribution in [0.25, 0.3) is 0 Å². The molecule has 0 saturated carbocycles. The number of hydrogen-bond acceptors (Lipinski definition) is 3. The molecule has 0 aromatic rings. The van der Waals surface area contributed by atoms with Gasteiger partial charge in [0.25, 0.3) is 0 Å². The summed E-state index contributed by atoms with van der Waals surface area (Å²) in [6.45, 7) is 3.67. The number of unbranched alkanes of at least 4 members (excludes halogenated alkanes) is 1. The zero-order valence-corrected chi connectivity index (χ0v) is 10.6. The smallest absolute Gasteiger partial charge is 0.323 e. The lowest BCUT2D eigenvalue weighted by Gasteiger charge is -2.15. The SMILES string of the molecule is CCCCOCCCNC(=O)N(C)CC(=O)O. The molecule has 0 aliphatic rings. The van der Waals surface area contributed by atoms with Crippen molar-refractivity contribution in [3.63, 3.8) is 0 Å². The quantitative estimate of drug-likeness (QED) is 0.593. The van der Waals surface area contributed by atoms with Crippen molar-refractivity contribution in [1.82, 2.24) is 10.2 Å². The number of carbonyl (C=O) groups excluding carboxylic acids is 1. The zero-order chi connectivity index (χ0) is 13.1. The van der Waals surface area contributed by atoms with Gasteiger partial charge in [-0.05, 0) is 12.8 Å². The Morgan fingerprint density at radius 2 is 1.94 bits per heavy atom. The van der Waals surface area contributed by atoms with Gasteiger partial charge in [-0.1, -0.05) is 13.3 Å². The summed E-state index contributed by atoms with van der Waals surface area (Å²) in [6.07, 6.45) is 2.89. The predicted octanol–water partition coefficient (Wildman–Crippen LogP) is 0.919. The van der Waals surface area contributed by atoms with E-state index in [0.717, 1.165) is 30.8 Å². The lowest BCUT2D eigenvalue weighted by molar-refractivity contribution is -0.137. The molecule has 6 nitrogen and oxygen atoms in total. The van der Waals surface area contributed by atoms with Gasteiger partial charge in [-0.25, -0.2) is 4.79 Å². The van der Waals surface area contributed by atoms with Crippen molar-refractivity contribution >= 4 is 12.0 Å². The Morgan fingerprint density at radius 1 is 1.29 bits per heavy atom. The molecule has 2 N–H and O–H groups in total. The van der Waals surface area contributed by atoms with Crippen molar-refractivity contribution in [2.75, 3.05) is 33.4 Å². The fourth-order valence-corrected chi connectivity index (χ4v) is 1.13. The third kappa shape index (κ3) is 9.62. The Labute approximate surface area is 102 Å².